The highest BCUT2D eigenvalue weighted by molar-refractivity contribution is 8.02. The third-order valence-corrected chi connectivity index (χ3v) is 5.97. The summed E-state index contributed by atoms with van der Waals surface area (Å²) < 4.78 is 16.0. The van der Waals surface area contributed by atoms with Gasteiger partial charge in [-0.05, 0) is 49.3 Å². The molecule has 1 aromatic heterocycles. The average Bonchev–Trinajstić information content (AvgIpc) is 2.83. The molecule has 1 unspecified atom stereocenters. The van der Waals surface area contributed by atoms with E-state index in [0.29, 0.717) is 16.2 Å². The molecule has 1 aliphatic rings. The first kappa shape index (κ1) is 14.9. The molecule has 0 radical (unpaired) electrons. The van der Waals surface area contributed by atoms with Gasteiger partial charge < -0.3 is 0 Å². The Kier molecular flexibility index (Phi) is 4.51. The largest absolute Gasteiger partial charge is 0.298 e. The lowest BCUT2D eigenvalue weighted by atomic mass is 9.99. The zero-order valence-corrected chi connectivity index (χ0v) is 13.6. The second-order valence-electron chi connectivity index (χ2n) is 4.84. The number of aromatic nitrogens is 2. The zero-order valence-electron chi connectivity index (χ0n) is 11.1. The number of Topliss-reactive ketones (excluding diaryl/α,β-unsaturated/α-hetero) is 1. The second-order valence-corrected chi connectivity index (χ2v) is 7.91. The molecule has 2 aromatic rings. The minimum Gasteiger partial charge on any atom is -0.298 e. The molecule has 0 spiro atoms. The number of hydrogen-bond donors (Lipinski definition) is 0. The van der Waals surface area contributed by atoms with E-state index in [0.717, 1.165) is 29.3 Å². The van der Waals surface area contributed by atoms with Crippen LogP contribution in [0.3, 0.4) is 0 Å². The predicted molar refractivity (Wildman–Crippen MR) is 85.4 cm³/mol. The lowest BCUT2D eigenvalue weighted by molar-refractivity contribution is -0.119. The van der Waals surface area contributed by atoms with Crippen LogP contribution in [0.5, 0.6) is 0 Å². The van der Waals surface area contributed by atoms with Crippen LogP contribution in [0.4, 0.5) is 4.39 Å². The number of ketones is 1. The maximum atomic E-state index is 13.0. The van der Waals surface area contributed by atoms with Crippen molar-refractivity contribution in [3.8, 4) is 5.69 Å². The van der Waals surface area contributed by atoms with Crippen LogP contribution in [0.2, 0.25) is 0 Å². The summed E-state index contributed by atoms with van der Waals surface area (Å²) in [6.45, 7) is 0. The van der Waals surface area contributed by atoms with Gasteiger partial charge in [0.15, 0.2) is 8.29 Å². The van der Waals surface area contributed by atoms with E-state index in [1.165, 1.54) is 35.2 Å². The Hall–Kier alpha value is -1.05. The van der Waals surface area contributed by atoms with Crippen molar-refractivity contribution in [1.82, 2.24) is 9.78 Å². The lowest BCUT2D eigenvalue weighted by Gasteiger charge is -2.18. The number of hydrogen-bond acceptors (Lipinski definition) is 5. The van der Waals surface area contributed by atoms with Crippen molar-refractivity contribution in [2.45, 2.75) is 35.3 Å². The number of nitrogens with zero attached hydrogens (tertiary/aromatic N) is 2. The maximum Gasteiger partial charge on any atom is 0.184 e. The Bertz CT molecular complexity index is 708. The van der Waals surface area contributed by atoms with Gasteiger partial charge in [0.1, 0.15) is 11.6 Å². The van der Waals surface area contributed by atoms with Crippen LogP contribution in [-0.2, 0) is 4.79 Å². The molecule has 1 fully saturated rings. The second kappa shape index (κ2) is 6.37. The van der Waals surface area contributed by atoms with Crippen LogP contribution in [0.25, 0.3) is 5.69 Å². The SMILES string of the molecule is O=C1CCCCC1Sc1nn(-c2ccc(F)cc2)c(=S)s1. The Morgan fingerprint density at radius 1 is 1.33 bits per heavy atom. The lowest BCUT2D eigenvalue weighted by Crippen LogP contribution is -2.21. The molecule has 7 heteroatoms. The summed E-state index contributed by atoms with van der Waals surface area (Å²) in [6.07, 6.45) is 3.66. The minimum absolute atomic E-state index is 0.000896. The van der Waals surface area contributed by atoms with E-state index in [4.69, 9.17) is 12.2 Å². The summed E-state index contributed by atoms with van der Waals surface area (Å²) in [5.74, 6) is 0.0172. The van der Waals surface area contributed by atoms with Crippen molar-refractivity contribution >= 4 is 41.1 Å². The third kappa shape index (κ3) is 3.41. The van der Waals surface area contributed by atoms with Crippen LogP contribution in [0, 0.1) is 9.77 Å². The summed E-state index contributed by atoms with van der Waals surface area (Å²) in [7, 11) is 0. The number of carbonyl (C=O) groups is 1. The maximum absolute atomic E-state index is 13.0. The summed E-state index contributed by atoms with van der Waals surface area (Å²) in [5, 5.41) is 4.46. The molecule has 21 heavy (non-hydrogen) atoms. The smallest absolute Gasteiger partial charge is 0.184 e. The molecule has 3 rings (SSSR count). The van der Waals surface area contributed by atoms with E-state index in [2.05, 4.69) is 5.10 Å². The average molecular weight is 340 g/mol. The summed E-state index contributed by atoms with van der Waals surface area (Å²) in [4.78, 5) is 11.9. The molecule has 1 aromatic carbocycles. The minimum atomic E-state index is -0.289. The monoisotopic (exact) mass is 340 g/mol. The fraction of sp³-hybridized carbons (Fsp3) is 0.357. The first-order valence-corrected chi connectivity index (χ1v) is 8.79. The van der Waals surface area contributed by atoms with Gasteiger partial charge in [0.05, 0.1) is 10.9 Å². The molecule has 1 saturated carbocycles. The summed E-state index contributed by atoms with van der Waals surface area (Å²) in [6, 6.07) is 6.05. The standard InChI is InChI=1S/C14H13FN2OS3/c15-9-5-7-10(8-6-9)17-14(19)21-13(16-17)20-12-4-2-1-3-11(12)18/h5-8,12H,1-4H2. The first-order valence-electron chi connectivity index (χ1n) is 6.69. The number of thioether (sulfide) groups is 1. The van der Waals surface area contributed by atoms with Gasteiger partial charge in [0.25, 0.3) is 0 Å². The Morgan fingerprint density at radius 2 is 2.10 bits per heavy atom. The molecule has 0 N–H and O–H groups in total. The van der Waals surface area contributed by atoms with E-state index < -0.39 is 0 Å². The highest BCUT2D eigenvalue weighted by Crippen LogP contribution is 2.33. The van der Waals surface area contributed by atoms with E-state index in [1.807, 2.05) is 0 Å². The van der Waals surface area contributed by atoms with Gasteiger partial charge in [-0.2, -0.15) is 0 Å². The zero-order chi connectivity index (χ0) is 14.8. The highest BCUT2D eigenvalue weighted by Gasteiger charge is 2.24. The van der Waals surface area contributed by atoms with E-state index in [9.17, 15) is 9.18 Å². The Balaban J connectivity index is 1.82. The number of rotatable bonds is 3. The number of benzene rings is 1. The number of carbonyl (C=O) groups excluding carboxylic acids is 1. The van der Waals surface area contributed by atoms with Crippen LogP contribution in [0.1, 0.15) is 25.7 Å². The van der Waals surface area contributed by atoms with Gasteiger partial charge >= 0.3 is 0 Å². The molecule has 3 nitrogen and oxygen atoms in total. The van der Waals surface area contributed by atoms with Gasteiger partial charge in [0, 0.05) is 6.42 Å². The fourth-order valence-electron chi connectivity index (χ4n) is 2.25. The van der Waals surface area contributed by atoms with Crippen LogP contribution in [-0.4, -0.2) is 20.8 Å². The van der Waals surface area contributed by atoms with E-state index in [-0.39, 0.29) is 11.1 Å². The summed E-state index contributed by atoms with van der Waals surface area (Å²) >= 11 is 8.21. The van der Waals surface area contributed by atoms with Crippen molar-refractivity contribution in [1.29, 1.82) is 0 Å². The molecule has 1 heterocycles. The van der Waals surface area contributed by atoms with Crippen molar-refractivity contribution in [3.05, 3.63) is 34.0 Å². The van der Waals surface area contributed by atoms with Crippen LogP contribution >= 0.6 is 35.3 Å². The molecular weight excluding hydrogens is 327 g/mol. The predicted octanol–water partition coefficient (Wildman–Crippen LogP) is 4.41. The quantitative estimate of drug-likeness (QED) is 0.776. The highest BCUT2D eigenvalue weighted by atomic mass is 32.2. The van der Waals surface area contributed by atoms with Gasteiger partial charge in [-0.1, -0.05) is 29.5 Å². The van der Waals surface area contributed by atoms with Crippen molar-refractivity contribution in [2.24, 2.45) is 0 Å². The van der Waals surface area contributed by atoms with Crippen molar-refractivity contribution < 1.29 is 9.18 Å². The number of halogens is 1. The van der Waals surface area contributed by atoms with Crippen LogP contribution < -0.4 is 0 Å². The molecule has 0 saturated heterocycles. The Labute approximate surface area is 135 Å². The first-order chi connectivity index (χ1) is 10.1. The summed E-state index contributed by atoms with van der Waals surface area (Å²) in [5.41, 5.74) is 0.736. The molecule has 0 aliphatic heterocycles. The van der Waals surface area contributed by atoms with Gasteiger partial charge in [-0.3, -0.25) is 4.79 Å². The molecule has 1 aliphatic carbocycles. The molecule has 0 amide bonds. The molecule has 110 valence electrons. The van der Waals surface area contributed by atoms with E-state index >= 15 is 0 Å². The molecule has 1 atom stereocenters. The third-order valence-electron chi connectivity index (χ3n) is 3.34. The fourth-order valence-corrected chi connectivity index (χ4v) is 4.98. The molecular formula is C14H13FN2OS3. The van der Waals surface area contributed by atoms with E-state index in [1.54, 1.807) is 16.8 Å². The van der Waals surface area contributed by atoms with Crippen molar-refractivity contribution in [2.75, 3.05) is 0 Å². The van der Waals surface area contributed by atoms with Gasteiger partial charge in [-0.25, -0.2) is 9.07 Å². The van der Waals surface area contributed by atoms with Crippen molar-refractivity contribution in [3.63, 3.8) is 0 Å². The van der Waals surface area contributed by atoms with Gasteiger partial charge in [-0.15, -0.1) is 5.10 Å². The van der Waals surface area contributed by atoms with Crippen LogP contribution in [0.15, 0.2) is 28.6 Å². The Morgan fingerprint density at radius 3 is 2.81 bits per heavy atom. The topological polar surface area (TPSA) is 34.9 Å². The van der Waals surface area contributed by atoms with Gasteiger partial charge in [0.2, 0.25) is 0 Å². The molecule has 0 bridgehead atoms. The normalized spacial score (nSPS) is 18.9.